The topological polar surface area (TPSA) is 80.9 Å². The maximum atomic E-state index is 9.57. The Morgan fingerprint density at radius 2 is 0.944 bits per heavy atom. The molecule has 0 atom stereocenters. The van der Waals surface area contributed by atoms with Gasteiger partial charge in [-0.1, -0.05) is 0 Å². The molecule has 0 saturated carbocycles. The van der Waals surface area contributed by atoms with Gasteiger partial charge in [0.15, 0.2) is 23.0 Å². The van der Waals surface area contributed by atoms with E-state index in [4.69, 9.17) is 0 Å². The van der Waals surface area contributed by atoms with Crippen molar-refractivity contribution in [2.24, 2.45) is 0 Å². The lowest BCUT2D eigenvalue weighted by molar-refractivity contribution is 0.400. The van der Waals surface area contributed by atoms with Crippen LogP contribution in [0.4, 0.5) is 0 Å². The second-order valence-electron chi connectivity index (χ2n) is 4.32. The lowest BCUT2D eigenvalue weighted by Crippen LogP contribution is -1.84. The van der Waals surface area contributed by atoms with Gasteiger partial charge >= 0.3 is 0 Å². The third-order valence-corrected chi connectivity index (χ3v) is 2.89. The highest BCUT2D eigenvalue weighted by atomic mass is 16.3. The average molecular weight is 246 g/mol. The lowest BCUT2D eigenvalue weighted by Gasteiger charge is -2.10. The minimum atomic E-state index is -0.213. The van der Waals surface area contributed by atoms with E-state index in [-0.39, 0.29) is 23.0 Å². The van der Waals surface area contributed by atoms with Gasteiger partial charge in [-0.05, 0) is 60.4 Å². The Hall–Kier alpha value is -2.36. The van der Waals surface area contributed by atoms with Gasteiger partial charge in [0, 0.05) is 0 Å². The van der Waals surface area contributed by atoms with E-state index in [1.807, 2.05) is 0 Å². The first-order chi connectivity index (χ1) is 8.40. The van der Waals surface area contributed by atoms with Crippen LogP contribution >= 0.6 is 0 Å². The number of hydrogen-bond donors (Lipinski definition) is 4. The van der Waals surface area contributed by atoms with Crippen LogP contribution in [0.1, 0.15) is 11.1 Å². The Morgan fingerprint density at radius 3 is 1.22 bits per heavy atom. The molecule has 4 heteroatoms. The van der Waals surface area contributed by atoms with E-state index in [1.54, 1.807) is 26.0 Å². The monoisotopic (exact) mass is 246 g/mol. The van der Waals surface area contributed by atoms with Crippen LogP contribution in [-0.4, -0.2) is 20.4 Å². The standard InChI is InChI=1S/C14H14O4/c1-7-3-9(5-11(15)13(7)17)10-4-8(2)14(18)12(16)6-10/h3-6,15-18H,1-2H3. The maximum Gasteiger partial charge on any atom is 0.160 e. The molecule has 18 heavy (non-hydrogen) atoms. The number of aryl methyl sites for hydroxylation is 2. The van der Waals surface area contributed by atoms with Crippen LogP contribution in [0.3, 0.4) is 0 Å². The summed E-state index contributed by atoms with van der Waals surface area (Å²) < 4.78 is 0. The summed E-state index contributed by atoms with van der Waals surface area (Å²) in [6.45, 7) is 3.34. The molecule has 2 aromatic rings. The molecule has 0 saturated heterocycles. The van der Waals surface area contributed by atoms with Crippen molar-refractivity contribution in [1.82, 2.24) is 0 Å². The van der Waals surface area contributed by atoms with Gasteiger partial charge in [0.05, 0.1) is 0 Å². The predicted octanol–water partition coefficient (Wildman–Crippen LogP) is 2.79. The van der Waals surface area contributed by atoms with E-state index in [9.17, 15) is 20.4 Å². The van der Waals surface area contributed by atoms with Gasteiger partial charge < -0.3 is 20.4 Å². The van der Waals surface area contributed by atoms with Gasteiger partial charge in [0.1, 0.15) is 0 Å². The molecule has 0 heterocycles. The normalized spacial score (nSPS) is 10.6. The number of phenols is 4. The van der Waals surface area contributed by atoms with Crippen molar-refractivity contribution >= 4 is 0 Å². The molecular formula is C14H14O4. The third kappa shape index (κ3) is 1.93. The molecule has 0 radical (unpaired) electrons. The van der Waals surface area contributed by atoms with Crippen LogP contribution < -0.4 is 0 Å². The van der Waals surface area contributed by atoms with Crippen molar-refractivity contribution in [3.63, 3.8) is 0 Å². The van der Waals surface area contributed by atoms with Crippen LogP contribution in [0.2, 0.25) is 0 Å². The second kappa shape index (κ2) is 4.14. The summed E-state index contributed by atoms with van der Waals surface area (Å²) in [6.07, 6.45) is 0. The van der Waals surface area contributed by atoms with E-state index in [2.05, 4.69) is 0 Å². The summed E-state index contributed by atoms with van der Waals surface area (Å²) in [5.74, 6) is -0.734. The van der Waals surface area contributed by atoms with Crippen LogP contribution in [0.15, 0.2) is 24.3 Å². The van der Waals surface area contributed by atoms with Crippen LogP contribution in [-0.2, 0) is 0 Å². The highest BCUT2D eigenvalue weighted by Gasteiger charge is 2.11. The van der Waals surface area contributed by atoms with Crippen molar-refractivity contribution in [3.05, 3.63) is 35.4 Å². The fraction of sp³-hybridized carbons (Fsp3) is 0.143. The first-order valence-corrected chi connectivity index (χ1v) is 5.45. The number of aromatic hydroxyl groups is 4. The Bertz CT molecular complexity index is 516. The molecule has 0 spiro atoms. The van der Waals surface area contributed by atoms with E-state index in [0.29, 0.717) is 22.3 Å². The molecule has 0 aromatic heterocycles. The van der Waals surface area contributed by atoms with Crippen molar-refractivity contribution in [2.75, 3.05) is 0 Å². The fourth-order valence-electron chi connectivity index (χ4n) is 1.86. The SMILES string of the molecule is Cc1cc(-c2cc(C)c(O)c(O)c2)cc(O)c1O. The largest absolute Gasteiger partial charge is 0.504 e. The van der Waals surface area contributed by atoms with Crippen molar-refractivity contribution in [1.29, 1.82) is 0 Å². The molecule has 0 amide bonds. The Balaban J connectivity index is 2.63. The number of hydrogen-bond acceptors (Lipinski definition) is 4. The molecule has 0 fully saturated rings. The molecule has 0 bridgehead atoms. The predicted molar refractivity (Wildman–Crippen MR) is 68.0 cm³/mol. The van der Waals surface area contributed by atoms with E-state index in [0.717, 1.165) is 0 Å². The van der Waals surface area contributed by atoms with E-state index < -0.39 is 0 Å². The van der Waals surface area contributed by atoms with Gasteiger partial charge in [-0.3, -0.25) is 0 Å². The molecule has 94 valence electrons. The summed E-state index contributed by atoms with van der Waals surface area (Å²) in [5, 5.41) is 38.1. The zero-order valence-electron chi connectivity index (χ0n) is 10.1. The first-order valence-electron chi connectivity index (χ1n) is 5.45. The van der Waals surface area contributed by atoms with Gasteiger partial charge in [-0.15, -0.1) is 0 Å². The molecule has 0 aliphatic rings. The molecule has 4 nitrogen and oxygen atoms in total. The number of phenolic OH excluding ortho intramolecular Hbond substituents is 4. The zero-order valence-corrected chi connectivity index (χ0v) is 10.1. The highest BCUT2D eigenvalue weighted by molar-refractivity contribution is 5.72. The van der Waals surface area contributed by atoms with Gasteiger partial charge in [-0.2, -0.15) is 0 Å². The number of benzene rings is 2. The average Bonchev–Trinajstić information content (AvgIpc) is 2.31. The molecule has 0 unspecified atom stereocenters. The molecule has 0 aliphatic heterocycles. The smallest absolute Gasteiger partial charge is 0.160 e. The molecule has 2 aromatic carbocycles. The lowest BCUT2D eigenvalue weighted by atomic mass is 10.00. The highest BCUT2D eigenvalue weighted by Crippen LogP contribution is 2.38. The minimum Gasteiger partial charge on any atom is -0.504 e. The Labute approximate surface area is 104 Å². The second-order valence-corrected chi connectivity index (χ2v) is 4.32. The van der Waals surface area contributed by atoms with Crippen molar-refractivity contribution in [3.8, 4) is 34.1 Å². The van der Waals surface area contributed by atoms with E-state index in [1.165, 1.54) is 12.1 Å². The molecule has 4 N–H and O–H groups in total. The summed E-state index contributed by atoms with van der Waals surface area (Å²) in [7, 11) is 0. The van der Waals surface area contributed by atoms with Gasteiger partial charge in [0.2, 0.25) is 0 Å². The first kappa shape index (κ1) is 12.1. The van der Waals surface area contributed by atoms with Crippen LogP contribution in [0, 0.1) is 13.8 Å². The summed E-state index contributed by atoms with van der Waals surface area (Å²) in [4.78, 5) is 0. The van der Waals surface area contributed by atoms with E-state index >= 15 is 0 Å². The quantitative estimate of drug-likeness (QED) is 0.583. The van der Waals surface area contributed by atoms with Crippen molar-refractivity contribution < 1.29 is 20.4 Å². The molecular weight excluding hydrogens is 232 g/mol. The van der Waals surface area contributed by atoms with Crippen LogP contribution in [0.5, 0.6) is 23.0 Å². The molecule has 0 aliphatic carbocycles. The molecule has 2 rings (SSSR count). The number of rotatable bonds is 1. The summed E-state index contributed by atoms with van der Waals surface area (Å²) in [5.41, 5.74) is 2.38. The summed E-state index contributed by atoms with van der Waals surface area (Å²) in [6, 6.07) is 6.21. The zero-order chi connectivity index (χ0) is 13.4. The third-order valence-electron chi connectivity index (χ3n) is 2.89. The van der Waals surface area contributed by atoms with Gasteiger partial charge in [-0.25, -0.2) is 0 Å². The Morgan fingerprint density at radius 1 is 0.611 bits per heavy atom. The Kier molecular flexibility index (Phi) is 2.79. The summed E-state index contributed by atoms with van der Waals surface area (Å²) >= 11 is 0. The van der Waals surface area contributed by atoms with Crippen molar-refractivity contribution in [2.45, 2.75) is 13.8 Å². The minimum absolute atomic E-state index is 0.154. The fourth-order valence-corrected chi connectivity index (χ4v) is 1.86. The van der Waals surface area contributed by atoms with Crippen LogP contribution in [0.25, 0.3) is 11.1 Å². The maximum absolute atomic E-state index is 9.57. The van der Waals surface area contributed by atoms with Gasteiger partial charge in [0.25, 0.3) is 0 Å².